The van der Waals surface area contributed by atoms with E-state index in [9.17, 15) is 9.59 Å². The average Bonchev–Trinajstić information content (AvgIpc) is 2.58. The number of benzene rings is 1. The molecule has 0 bridgehead atoms. The quantitative estimate of drug-likeness (QED) is 0.870. The molecule has 0 spiro atoms. The number of halogens is 1. The maximum Gasteiger partial charge on any atom is 0.407 e. The molecule has 1 N–H and O–H groups in total. The summed E-state index contributed by atoms with van der Waals surface area (Å²) in [4.78, 5) is 27.5. The Bertz CT molecular complexity index is 598. The predicted molar refractivity (Wildman–Crippen MR) is 94.8 cm³/mol. The summed E-state index contributed by atoms with van der Waals surface area (Å²) in [5, 5.41) is 9.68. The summed E-state index contributed by atoms with van der Waals surface area (Å²) in [5.41, 5.74) is 1.44. The zero-order valence-corrected chi connectivity index (χ0v) is 15.1. The van der Waals surface area contributed by atoms with Gasteiger partial charge in [0, 0.05) is 36.3 Å². The molecule has 2 amide bonds. The summed E-state index contributed by atoms with van der Waals surface area (Å²) in [5.74, 6) is -0.00257. The summed E-state index contributed by atoms with van der Waals surface area (Å²) in [6.45, 7) is 5.61. The lowest BCUT2D eigenvalue weighted by molar-refractivity contribution is 0.0568. The highest BCUT2D eigenvalue weighted by atomic mass is 35.5. The number of unbranched alkanes of at least 4 members (excludes halogenated alkanes) is 1. The zero-order chi connectivity index (χ0) is 17.7. The second-order valence-electron chi connectivity index (χ2n) is 6.27. The van der Waals surface area contributed by atoms with E-state index in [4.69, 9.17) is 16.7 Å². The molecule has 0 aliphatic carbocycles. The molecule has 0 aromatic heterocycles. The van der Waals surface area contributed by atoms with E-state index < -0.39 is 6.09 Å². The van der Waals surface area contributed by atoms with Crippen LogP contribution in [-0.4, -0.2) is 52.6 Å². The van der Waals surface area contributed by atoms with Crippen LogP contribution in [0.3, 0.4) is 0 Å². The first kappa shape index (κ1) is 18.6. The molecular weight excluding hydrogens is 328 g/mol. The van der Waals surface area contributed by atoms with Gasteiger partial charge in [-0.1, -0.05) is 31.0 Å². The Kier molecular flexibility index (Phi) is 6.49. The van der Waals surface area contributed by atoms with Gasteiger partial charge in [0.25, 0.3) is 5.91 Å². The van der Waals surface area contributed by atoms with Gasteiger partial charge in [-0.15, -0.1) is 0 Å². The van der Waals surface area contributed by atoms with Crippen LogP contribution < -0.4 is 0 Å². The third-order valence-electron chi connectivity index (χ3n) is 4.69. The van der Waals surface area contributed by atoms with Crippen LogP contribution in [-0.2, 0) is 0 Å². The number of likely N-dealkylation sites (tertiary alicyclic amines) is 1. The van der Waals surface area contributed by atoms with Crippen LogP contribution in [0.15, 0.2) is 18.2 Å². The number of carbonyl (C=O) groups excluding carboxylic acids is 1. The maximum atomic E-state index is 13.1. The minimum Gasteiger partial charge on any atom is -0.465 e. The fourth-order valence-electron chi connectivity index (χ4n) is 3.14. The first-order valence-corrected chi connectivity index (χ1v) is 8.87. The molecule has 1 aliphatic heterocycles. The summed E-state index contributed by atoms with van der Waals surface area (Å²) >= 11 is 6.16. The molecule has 1 fully saturated rings. The van der Waals surface area contributed by atoms with E-state index in [-0.39, 0.29) is 11.9 Å². The molecule has 6 heteroatoms. The first-order valence-electron chi connectivity index (χ1n) is 8.49. The molecular formula is C18H25ClN2O3. The number of carbonyl (C=O) groups is 2. The van der Waals surface area contributed by atoms with E-state index in [1.165, 1.54) is 4.90 Å². The van der Waals surface area contributed by atoms with E-state index >= 15 is 0 Å². The van der Waals surface area contributed by atoms with E-state index in [1.807, 2.05) is 17.9 Å². The smallest absolute Gasteiger partial charge is 0.407 e. The monoisotopic (exact) mass is 352 g/mol. The molecule has 1 aromatic rings. The predicted octanol–water partition coefficient (Wildman–Crippen LogP) is 4.03. The fraction of sp³-hybridized carbons (Fsp3) is 0.556. The van der Waals surface area contributed by atoms with Crippen molar-refractivity contribution < 1.29 is 14.7 Å². The molecule has 0 unspecified atom stereocenters. The molecule has 0 atom stereocenters. The molecule has 0 saturated carbocycles. The van der Waals surface area contributed by atoms with E-state index in [0.717, 1.165) is 18.4 Å². The van der Waals surface area contributed by atoms with Crippen LogP contribution >= 0.6 is 11.6 Å². The van der Waals surface area contributed by atoms with Crippen molar-refractivity contribution in [1.82, 2.24) is 9.80 Å². The highest BCUT2D eigenvalue weighted by molar-refractivity contribution is 6.31. The standard InChI is InChI=1S/C18H25ClN2O3/c1-3-4-10-21(14-8-11-20(12-9-14)18(23)24)17(22)15-6-5-7-16(19)13(15)2/h5-7,14H,3-4,8-12H2,1-2H3,(H,23,24). The minimum atomic E-state index is -0.884. The Morgan fingerprint density at radius 3 is 2.58 bits per heavy atom. The highest BCUT2D eigenvalue weighted by Gasteiger charge is 2.30. The van der Waals surface area contributed by atoms with Gasteiger partial charge in [0.05, 0.1) is 0 Å². The van der Waals surface area contributed by atoms with Gasteiger partial charge in [-0.25, -0.2) is 4.79 Å². The van der Waals surface area contributed by atoms with Gasteiger partial charge in [0.2, 0.25) is 0 Å². The van der Waals surface area contributed by atoms with Gasteiger partial charge >= 0.3 is 6.09 Å². The number of rotatable bonds is 5. The van der Waals surface area contributed by atoms with Crippen LogP contribution in [0.25, 0.3) is 0 Å². The van der Waals surface area contributed by atoms with Crippen LogP contribution in [0, 0.1) is 6.92 Å². The Labute approximate surface area is 148 Å². The number of piperidine rings is 1. The van der Waals surface area contributed by atoms with Crippen LogP contribution in [0.4, 0.5) is 4.79 Å². The van der Waals surface area contributed by atoms with Gasteiger partial charge < -0.3 is 14.9 Å². The topological polar surface area (TPSA) is 60.9 Å². The number of nitrogens with zero attached hydrogens (tertiary/aromatic N) is 2. The van der Waals surface area contributed by atoms with E-state index in [0.29, 0.717) is 43.1 Å². The van der Waals surface area contributed by atoms with Crippen molar-refractivity contribution in [3.63, 3.8) is 0 Å². The fourth-order valence-corrected chi connectivity index (χ4v) is 3.32. The van der Waals surface area contributed by atoms with Crippen LogP contribution in [0.5, 0.6) is 0 Å². The molecule has 24 heavy (non-hydrogen) atoms. The maximum absolute atomic E-state index is 13.1. The molecule has 1 aromatic carbocycles. The summed E-state index contributed by atoms with van der Waals surface area (Å²) in [6.07, 6.45) is 2.42. The van der Waals surface area contributed by atoms with Crippen molar-refractivity contribution in [2.75, 3.05) is 19.6 Å². The lowest BCUT2D eigenvalue weighted by atomic mass is 10.00. The van der Waals surface area contributed by atoms with E-state index in [2.05, 4.69) is 6.92 Å². The molecule has 1 aliphatic rings. The molecule has 2 rings (SSSR count). The van der Waals surface area contributed by atoms with Gasteiger partial charge in [-0.2, -0.15) is 0 Å². The minimum absolute atomic E-state index is 0.00257. The number of carboxylic acid groups (broad SMARTS) is 1. The summed E-state index contributed by atoms with van der Waals surface area (Å²) in [6, 6.07) is 5.48. The van der Waals surface area contributed by atoms with Crippen LogP contribution in [0.1, 0.15) is 48.5 Å². The van der Waals surface area contributed by atoms with Gasteiger partial charge in [-0.3, -0.25) is 4.79 Å². The lowest BCUT2D eigenvalue weighted by Gasteiger charge is -2.38. The van der Waals surface area contributed by atoms with Crippen molar-refractivity contribution in [1.29, 1.82) is 0 Å². The Morgan fingerprint density at radius 1 is 1.33 bits per heavy atom. The second kappa shape index (κ2) is 8.38. The first-order chi connectivity index (χ1) is 11.5. The largest absolute Gasteiger partial charge is 0.465 e. The molecule has 1 heterocycles. The number of hydrogen-bond donors (Lipinski definition) is 1. The normalized spacial score (nSPS) is 15.4. The third kappa shape index (κ3) is 4.20. The molecule has 1 saturated heterocycles. The SMILES string of the molecule is CCCCN(C(=O)c1cccc(Cl)c1C)C1CCN(C(=O)O)CC1. The summed E-state index contributed by atoms with van der Waals surface area (Å²) in [7, 11) is 0. The second-order valence-corrected chi connectivity index (χ2v) is 6.67. The van der Waals surface area contributed by atoms with E-state index in [1.54, 1.807) is 12.1 Å². The zero-order valence-electron chi connectivity index (χ0n) is 14.3. The molecule has 132 valence electrons. The highest BCUT2D eigenvalue weighted by Crippen LogP contribution is 2.24. The number of amides is 2. The average molecular weight is 353 g/mol. The third-order valence-corrected chi connectivity index (χ3v) is 5.10. The van der Waals surface area contributed by atoms with Crippen molar-refractivity contribution in [3.05, 3.63) is 34.3 Å². The van der Waals surface area contributed by atoms with Crippen molar-refractivity contribution in [2.45, 2.75) is 45.6 Å². The van der Waals surface area contributed by atoms with Crippen molar-refractivity contribution in [3.8, 4) is 0 Å². The van der Waals surface area contributed by atoms with Gasteiger partial charge in [-0.05, 0) is 43.9 Å². The lowest BCUT2D eigenvalue weighted by Crippen LogP contribution is -2.49. The van der Waals surface area contributed by atoms with Gasteiger partial charge in [0.15, 0.2) is 0 Å². The number of hydrogen-bond acceptors (Lipinski definition) is 2. The molecule has 5 nitrogen and oxygen atoms in total. The summed E-state index contributed by atoms with van der Waals surface area (Å²) < 4.78 is 0. The van der Waals surface area contributed by atoms with Crippen LogP contribution in [0.2, 0.25) is 5.02 Å². The molecule has 0 radical (unpaired) electrons. The van der Waals surface area contributed by atoms with Gasteiger partial charge in [0.1, 0.15) is 0 Å². The van der Waals surface area contributed by atoms with Crippen molar-refractivity contribution >= 4 is 23.6 Å². The van der Waals surface area contributed by atoms with Crippen molar-refractivity contribution in [2.24, 2.45) is 0 Å². The Morgan fingerprint density at radius 2 is 2.00 bits per heavy atom. The Hall–Kier alpha value is -1.75. The Balaban J connectivity index is 2.17.